The molecule has 2 aromatic heterocycles. The molecule has 0 saturated heterocycles. The second kappa shape index (κ2) is 11.4. The van der Waals surface area contributed by atoms with Gasteiger partial charge < -0.3 is 0 Å². The normalized spacial score (nSPS) is 12.7. The maximum absolute atomic E-state index is 14.4. The summed E-state index contributed by atoms with van der Waals surface area (Å²) in [6.45, 7) is 0. The van der Waals surface area contributed by atoms with Crippen LogP contribution in [0.4, 0.5) is 45.4 Å². The number of alkyl halides is 8. The van der Waals surface area contributed by atoms with E-state index in [-0.39, 0.29) is 11.4 Å². The van der Waals surface area contributed by atoms with Crippen LogP contribution in [0.25, 0.3) is 22.5 Å². The Morgan fingerprint density at radius 2 is 0.905 bits per heavy atom. The average molecular weight is 675 g/mol. The summed E-state index contributed by atoms with van der Waals surface area (Å²) in [4.78, 5) is 31.4. The lowest BCUT2D eigenvalue weighted by atomic mass is 9.97. The third-order valence-electron chi connectivity index (χ3n) is 5.48. The zero-order valence-electron chi connectivity index (χ0n) is 20.1. The van der Waals surface area contributed by atoms with Crippen LogP contribution in [0, 0.1) is 0 Å². The summed E-state index contributed by atoms with van der Waals surface area (Å²) in [6.07, 6.45) is 0. The number of carbonyl (C=O) groups is 2. The van der Waals surface area contributed by atoms with Crippen molar-refractivity contribution >= 4 is 68.0 Å². The molecule has 2 amide bonds. The lowest BCUT2D eigenvalue weighted by molar-refractivity contribution is -0.345. The Hall–Kier alpha value is -3.34. The van der Waals surface area contributed by atoms with Gasteiger partial charge in [0, 0.05) is 31.9 Å². The Morgan fingerprint density at radius 1 is 0.595 bits per heavy atom. The van der Waals surface area contributed by atoms with Crippen LogP contribution in [-0.4, -0.2) is 45.5 Å². The zero-order valence-corrected chi connectivity index (χ0v) is 23.2. The summed E-state index contributed by atoms with van der Waals surface area (Å²) < 4.78 is 115. The van der Waals surface area contributed by atoms with Crippen molar-refractivity contribution in [1.29, 1.82) is 0 Å². The highest BCUT2D eigenvalue weighted by Crippen LogP contribution is 2.53. The van der Waals surface area contributed by atoms with E-state index >= 15 is 0 Å². The molecule has 0 fully saturated rings. The molecule has 0 aliphatic heterocycles. The molecule has 222 valence electrons. The maximum atomic E-state index is 14.4. The molecule has 2 N–H and O–H groups in total. The van der Waals surface area contributed by atoms with E-state index in [1.807, 2.05) is 0 Å². The number of hydrogen-bond acceptors (Lipinski definition) is 6. The van der Waals surface area contributed by atoms with Gasteiger partial charge >= 0.3 is 35.5 Å². The summed E-state index contributed by atoms with van der Waals surface area (Å²) in [5.41, 5.74) is 0.867. The molecule has 0 unspecified atom stereocenters. The Bertz CT molecular complexity index is 1490. The van der Waals surface area contributed by atoms with Gasteiger partial charge in [0.15, 0.2) is 10.3 Å². The van der Waals surface area contributed by atoms with Crippen LogP contribution in [0.2, 0.25) is 10.0 Å². The van der Waals surface area contributed by atoms with Crippen LogP contribution in [0.5, 0.6) is 0 Å². The Morgan fingerprint density at radius 3 is 1.21 bits per heavy atom. The lowest BCUT2D eigenvalue weighted by Gasteiger charge is -2.35. The fraction of sp³-hybridized carbons (Fsp3) is 0.167. The molecule has 0 bridgehead atoms. The first-order chi connectivity index (χ1) is 19.5. The number of benzene rings is 2. The minimum atomic E-state index is -7.06. The van der Waals surface area contributed by atoms with Crippen molar-refractivity contribution < 1.29 is 44.7 Å². The fourth-order valence-electron chi connectivity index (χ4n) is 3.20. The molecule has 0 aliphatic carbocycles. The molecular weight excluding hydrogens is 663 g/mol. The quantitative estimate of drug-likeness (QED) is 0.175. The Balaban J connectivity index is 1.50. The van der Waals surface area contributed by atoms with Crippen LogP contribution in [0.15, 0.2) is 59.3 Å². The molecular formula is C24H12Cl2F8N4O2S2. The summed E-state index contributed by atoms with van der Waals surface area (Å²) in [5.74, 6) is -33.1. The van der Waals surface area contributed by atoms with Gasteiger partial charge in [-0.3, -0.25) is 20.2 Å². The largest absolute Gasteiger partial charge is 0.393 e. The number of amides is 2. The highest BCUT2D eigenvalue weighted by Gasteiger charge is 2.84. The number of hydrogen-bond donors (Lipinski definition) is 2. The number of rotatable bonds is 9. The molecule has 2 heterocycles. The summed E-state index contributed by atoms with van der Waals surface area (Å²) in [6, 6.07) is 11.5. The van der Waals surface area contributed by atoms with Crippen molar-refractivity contribution in [3.8, 4) is 22.5 Å². The van der Waals surface area contributed by atoms with E-state index in [4.69, 9.17) is 23.2 Å². The zero-order chi connectivity index (χ0) is 31.1. The van der Waals surface area contributed by atoms with Crippen LogP contribution >= 0.6 is 45.9 Å². The minimum absolute atomic E-state index is 0.0667. The first-order valence-corrected chi connectivity index (χ1v) is 13.6. The van der Waals surface area contributed by atoms with Gasteiger partial charge in [-0.2, -0.15) is 35.1 Å². The van der Waals surface area contributed by atoms with E-state index in [0.717, 1.165) is 0 Å². The number of nitrogens with one attached hydrogen (secondary N) is 2. The van der Waals surface area contributed by atoms with E-state index in [1.54, 1.807) is 0 Å². The van der Waals surface area contributed by atoms with Gasteiger partial charge in [0.25, 0.3) is 0 Å². The van der Waals surface area contributed by atoms with Gasteiger partial charge in [-0.25, -0.2) is 9.97 Å². The van der Waals surface area contributed by atoms with Gasteiger partial charge in [-0.1, -0.05) is 47.5 Å². The molecule has 2 aromatic carbocycles. The molecule has 4 aromatic rings. The summed E-state index contributed by atoms with van der Waals surface area (Å²) in [7, 11) is 0. The van der Waals surface area contributed by atoms with Crippen LogP contribution in [0.3, 0.4) is 0 Å². The SMILES string of the molecule is O=C(Nc1nc(-c2ccc(Cl)cc2)cs1)C(F)(F)C(F)(F)C(F)(F)C(F)(F)C(=O)Nc1nc(-c2ccc(Cl)cc2)cs1. The summed E-state index contributed by atoms with van der Waals surface area (Å²) >= 11 is 12.4. The second-order valence-corrected chi connectivity index (χ2v) is 10.9. The van der Waals surface area contributed by atoms with E-state index in [0.29, 0.717) is 43.8 Å². The topological polar surface area (TPSA) is 84.0 Å². The predicted molar refractivity (Wildman–Crippen MR) is 142 cm³/mol. The molecule has 0 saturated carbocycles. The van der Waals surface area contributed by atoms with E-state index in [2.05, 4.69) is 9.97 Å². The molecule has 4 rings (SSSR count). The molecule has 0 spiro atoms. The highest BCUT2D eigenvalue weighted by atomic mass is 35.5. The number of anilines is 2. The molecule has 42 heavy (non-hydrogen) atoms. The molecule has 0 atom stereocenters. The summed E-state index contributed by atoms with van der Waals surface area (Å²) in [5, 5.41) is 4.08. The second-order valence-electron chi connectivity index (χ2n) is 8.30. The van der Waals surface area contributed by atoms with Crippen molar-refractivity contribution in [1.82, 2.24) is 9.97 Å². The van der Waals surface area contributed by atoms with Gasteiger partial charge in [-0.15, -0.1) is 22.7 Å². The average Bonchev–Trinajstić information content (AvgIpc) is 3.59. The van der Waals surface area contributed by atoms with Crippen LogP contribution in [-0.2, 0) is 9.59 Å². The van der Waals surface area contributed by atoms with Crippen molar-refractivity contribution in [2.45, 2.75) is 23.7 Å². The Labute approximate surface area is 248 Å². The third kappa shape index (κ3) is 5.80. The van der Waals surface area contributed by atoms with Gasteiger partial charge in [0.1, 0.15) is 0 Å². The number of halogens is 10. The minimum Gasteiger partial charge on any atom is -0.296 e. The van der Waals surface area contributed by atoms with Crippen LogP contribution < -0.4 is 10.6 Å². The first-order valence-electron chi connectivity index (χ1n) is 11.0. The molecule has 18 heteroatoms. The molecule has 0 aliphatic rings. The highest BCUT2D eigenvalue weighted by molar-refractivity contribution is 7.14. The van der Waals surface area contributed by atoms with Crippen LogP contribution in [0.1, 0.15) is 0 Å². The lowest BCUT2D eigenvalue weighted by Crippen LogP contribution is -2.67. The fourth-order valence-corrected chi connectivity index (χ4v) is 4.88. The molecule has 6 nitrogen and oxygen atoms in total. The Kier molecular flexibility index (Phi) is 8.57. The monoisotopic (exact) mass is 674 g/mol. The van der Waals surface area contributed by atoms with E-state index in [1.165, 1.54) is 69.9 Å². The van der Waals surface area contributed by atoms with Crippen molar-refractivity contribution in [3.63, 3.8) is 0 Å². The van der Waals surface area contributed by atoms with Gasteiger partial charge in [0.2, 0.25) is 0 Å². The molecule has 0 radical (unpaired) electrons. The van der Waals surface area contributed by atoms with Crippen molar-refractivity contribution in [3.05, 3.63) is 69.3 Å². The van der Waals surface area contributed by atoms with E-state index < -0.39 is 45.8 Å². The predicted octanol–water partition coefficient (Wildman–Crippen LogP) is 8.36. The smallest absolute Gasteiger partial charge is 0.296 e. The number of thiazole rings is 2. The van der Waals surface area contributed by atoms with Gasteiger partial charge in [0.05, 0.1) is 11.4 Å². The van der Waals surface area contributed by atoms with Crippen molar-refractivity contribution in [2.75, 3.05) is 10.6 Å². The first kappa shape index (κ1) is 31.6. The standard InChI is InChI=1S/C24H12Cl2F8N4O2S2/c25-13-5-1-11(2-6-13)15-9-41-19(35-15)37-17(39)21(27,28)23(31,32)24(33,34)22(29,30)18(40)38-20-36-16(10-42-20)12-3-7-14(26)8-4-12/h1-10H,(H,35,37,39)(H,36,38,40). The number of nitrogens with zero attached hydrogens (tertiary/aromatic N) is 2. The third-order valence-corrected chi connectivity index (χ3v) is 7.50. The number of aromatic nitrogens is 2. The number of carbonyl (C=O) groups excluding carboxylic acids is 2. The van der Waals surface area contributed by atoms with E-state index in [9.17, 15) is 44.7 Å². The van der Waals surface area contributed by atoms with Gasteiger partial charge in [-0.05, 0) is 24.3 Å². The maximum Gasteiger partial charge on any atom is 0.393 e. The van der Waals surface area contributed by atoms with Crippen molar-refractivity contribution in [2.24, 2.45) is 0 Å².